The molecule has 3 aromatic rings. The van der Waals surface area contributed by atoms with E-state index >= 15 is 0 Å². The zero-order chi connectivity index (χ0) is 27.2. The topological polar surface area (TPSA) is 114 Å². The minimum atomic E-state index is -3.62. The Bertz CT molecular complexity index is 1350. The van der Waals surface area contributed by atoms with Gasteiger partial charge in [-0.05, 0) is 56.7 Å². The molecule has 1 atom stereocenters. The van der Waals surface area contributed by atoms with E-state index in [1.165, 1.54) is 23.0 Å². The molecule has 11 heteroatoms. The number of amides is 1. The first-order valence-electron chi connectivity index (χ1n) is 12.2. The number of Topliss-reactive ketones (excluding diaryl/α,β-unsaturated/α-hetero) is 1. The summed E-state index contributed by atoms with van der Waals surface area (Å²) in [7, 11) is -3.62. The van der Waals surface area contributed by atoms with Crippen molar-refractivity contribution in [2.24, 2.45) is 0 Å². The number of nitrogens with one attached hydrogen (secondary N) is 1. The lowest BCUT2D eigenvalue weighted by Crippen LogP contribution is -2.30. The Labute approximate surface area is 222 Å². The van der Waals surface area contributed by atoms with Crippen molar-refractivity contribution >= 4 is 39.2 Å². The third-order valence-corrected chi connectivity index (χ3v) is 9.03. The van der Waals surface area contributed by atoms with Crippen molar-refractivity contribution in [2.45, 2.75) is 57.1 Å². The molecule has 0 spiro atoms. The highest BCUT2D eigenvalue weighted by atomic mass is 32.2. The lowest BCUT2D eigenvalue weighted by molar-refractivity contribution is -0.113. The fourth-order valence-corrected chi connectivity index (χ4v) is 6.12. The lowest BCUT2D eigenvalue weighted by atomic mass is 10.1. The van der Waals surface area contributed by atoms with Crippen LogP contribution in [0.4, 0.5) is 5.69 Å². The minimum absolute atomic E-state index is 0.0257. The normalized spacial score (nSPS) is 12.5. The first-order valence-corrected chi connectivity index (χ1v) is 14.6. The molecule has 0 aliphatic rings. The highest BCUT2D eigenvalue weighted by Crippen LogP contribution is 2.30. The number of hydrogen-bond acceptors (Lipinski definition) is 7. The number of anilines is 1. The summed E-state index contributed by atoms with van der Waals surface area (Å²) in [4.78, 5) is 24.2. The standard InChI is InChI=1S/C26H33N5O4S2/c1-6-18(4)31-25(21-10-9-11-23(16-21)37(34,35)30(7-2)8-3)28-29-26(31)36-17-24(33)27-22-14-12-20(13-15-22)19(5)32/h9-16,18H,6-8,17H2,1-5H3,(H,27,33)/t18-/m0/s1. The van der Waals surface area contributed by atoms with Gasteiger partial charge < -0.3 is 5.32 Å². The number of carbonyl (C=O) groups is 2. The Morgan fingerprint density at radius 3 is 2.32 bits per heavy atom. The Hall–Kier alpha value is -3.02. The van der Waals surface area contributed by atoms with Gasteiger partial charge in [-0.1, -0.05) is 44.7 Å². The highest BCUT2D eigenvalue weighted by Gasteiger charge is 2.24. The van der Waals surface area contributed by atoms with E-state index in [0.717, 1.165) is 6.42 Å². The van der Waals surface area contributed by atoms with Gasteiger partial charge in [0.2, 0.25) is 15.9 Å². The van der Waals surface area contributed by atoms with Crippen LogP contribution in [0.5, 0.6) is 0 Å². The number of sulfonamides is 1. The molecule has 3 rings (SSSR count). The molecule has 9 nitrogen and oxygen atoms in total. The molecule has 0 aliphatic carbocycles. The first kappa shape index (κ1) is 28.5. The molecule has 0 fully saturated rings. The number of rotatable bonds is 12. The number of benzene rings is 2. The number of hydrogen-bond donors (Lipinski definition) is 1. The fraction of sp³-hybridized carbons (Fsp3) is 0.385. The molecule has 0 unspecified atom stereocenters. The van der Waals surface area contributed by atoms with Crippen molar-refractivity contribution in [2.75, 3.05) is 24.2 Å². The van der Waals surface area contributed by atoms with Crippen molar-refractivity contribution in [1.82, 2.24) is 19.1 Å². The molecule has 0 saturated heterocycles. The largest absolute Gasteiger partial charge is 0.325 e. The zero-order valence-corrected chi connectivity index (χ0v) is 23.4. The van der Waals surface area contributed by atoms with Gasteiger partial charge in [0.1, 0.15) is 0 Å². The van der Waals surface area contributed by atoms with Gasteiger partial charge in [-0.3, -0.25) is 14.2 Å². The maximum atomic E-state index is 13.1. The second-order valence-corrected chi connectivity index (χ2v) is 11.4. The van der Waals surface area contributed by atoms with Crippen molar-refractivity contribution in [1.29, 1.82) is 0 Å². The van der Waals surface area contributed by atoms with Crippen molar-refractivity contribution in [3.05, 3.63) is 54.1 Å². The van der Waals surface area contributed by atoms with Gasteiger partial charge in [0.05, 0.1) is 10.6 Å². The summed E-state index contributed by atoms with van der Waals surface area (Å²) in [5, 5.41) is 12.1. The van der Waals surface area contributed by atoms with Crippen molar-refractivity contribution < 1.29 is 18.0 Å². The van der Waals surface area contributed by atoms with E-state index in [2.05, 4.69) is 15.5 Å². The van der Waals surface area contributed by atoms with Crippen molar-refractivity contribution in [3.8, 4) is 11.4 Å². The number of nitrogens with zero attached hydrogens (tertiary/aromatic N) is 4. The van der Waals surface area contributed by atoms with Crippen LogP contribution in [0.1, 0.15) is 57.4 Å². The van der Waals surface area contributed by atoms with Gasteiger partial charge in [0.25, 0.3) is 0 Å². The van der Waals surface area contributed by atoms with E-state index in [0.29, 0.717) is 40.9 Å². The summed E-state index contributed by atoms with van der Waals surface area (Å²) < 4.78 is 29.5. The summed E-state index contributed by atoms with van der Waals surface area (Å²) in [6.45, 7) is 9.96. The van der Waals surface area contributed by atoms with Gasteiger partial charge in [-0.2, -0.15) is 4.31 Å². The molecule has 37 heavy (non-hydrogen) atoms. The smallest absolute Gasteiger partial charge is 0.243 e. The van der Waals surface area contributed by atoms with Gasteiger partial charge in [0, 0.05) is 35.9 Å². The van der Waals surface area contributed by atoms with Crippen LogP contribution < -0.4 is 5.32 Å². The van der Waals surface area contributed by atoms with E-state index in [1.807, 2.05) is 38.3 Å². The first-order chi connectivity index (χ1) is 17.6. The summed E-state index contributed by atoms with van der Waals surface area (Å²) in [5.74, 6) is 0.408. The predicted octanol–water partition coefficient (Wildman–Crippen LogP) is 4.88. The molecular formula is C26H33N5O4S2. The van der Waals surface area contributed by atoms with Crippen LogP contribution in [0, 0.1) is 0 Å². The fourth-order valence-electron chi connectivity index (χ4n) is 3.78. The average molecular weight is 544 g/mol. The van der Waals surface area contributed by atoms with E-state index in [1.54, 1.807) is 42.5 Å². The van der Waals surface area contributed by atoms with Crippen LogP contribution in [-0.4, -0.2) is 58.0 Å². The third-order valence-electron chi connectivity index (χ3n) is 6.04. The molecule has 1 N–H and O–H groups in total. The minimum Gasteiger partial charge on any atom is -0.325 e. The quantitative estimate of drug-likeness (QED) is 0.256. The van der Waals surface area contributed by atoms with Crippen LogP contribution in [-0.2, 0) is 14.8 Å². The van der Waals surface area contributed by atoms with Gasteiger partial charge in [-0.15, -0.1) is 10.2 Å². The van der Waals surface area contributed by atoms with Crippen molar-refractivity contribution in [3.63, 3.8) is 0 Å². The number of thioether (sulfide) groups is 1. The average Bonchev–Trinajstić information content (AvgIpc) is 3.32. The Kier molecular flexibility index (Phi) is 9.63. The number of aromatic nitrogens is 3. The summed E-state index contributed by atoms with van der Waals surface area (Å²) in [6.07, 6.45) is 0.796. The summed E-state index contributed by atoms with van der Waals surface area (Å²) in [6, 6.07) is 13.5. The monoisotopic (exact) mass is 543 g/mol. The van der Waals surface area contributed by atoms with E-state index in [-0.39, 0.29) is 28.4 Å². The molecule has 198 valence electrons. The maximum Gasteiger partial charge on any atom is 0.243 e. The second-order valence-electron chi connectivity index (χ2n) is 8.52. The molecule has 1 amide bonds. The van der Waals surface area contributed by atoms with E-state index in [9.17, 15) is 18.0 Å². The molecule has 1 aromatic heterocycles. The summed E-state index contributed by atoms with van der Waals surface area (Å²) >= 11 is 1.26. The van der Waals surface area contributed by atoms with E-state index in [4.69, 9.17) is 0 Å². The number of carbonyl (C=O) groups excluding carboxylic acids is 2. The van der Waals surface area contributed by atoms with Crippen LogP contribution in [0.2, 0.25) is 0 Å². The molecule has 2 aromatic carbocycles. The molecule has 0 aliphatic heterocycles. The molecule has 0 saturated carbocycles. The Morgan fingerprint density at radius 2 is 1.73 bits per heavy atom. The maximum absolute atomic E-state index is 13.1. The second kappa shape index (κ2) is 12.5. The Morgan fingerprint density at radius 1 is 1.05 bits per heavy atom. The van der Waals surface area contributed by atoms with Crippen LogP contribution >= 0.6 is 11.8 Å². The molecule has 1 heterocycles. The van der Waals surface area contributed by atoms with Gasteiger partial charge in [0.15, 0.2) is 16.8 Å². The van der Waals surface area contributed by atoms with E-state index < -0.39 is 10.0 Å². The lowest BCUT2D eigenvalue weighted by Gasteiger charge is -2.19. The summed E-state index contributed by atoms with van der Waals surface area (Å²) in [5.41, 5.74) is 1.82. The molecule has 0 radical (unpaired) electrons. The Balaban J connectivity index is 1.83. The predicted molar refractivity (Wildman–Crippen MR) is 146 cm³/mol. The third kappa shape index (κ3) is 6.65. The number of ketones is 1. The molecular weight excluding hydrogens is 510 g/mol. The van der Waals surface area contributed by atoms with Crippen LogP contribution in [0.3, 0.4) is 0 Å². The van der Waals surface area contributed by atoms with Gasteiger partial charge in [-0.25, -0.2) is 8.42 Å². The van der Waals surface area contributed by atoms with Crippen LogP contribution in [0.25, 0.3) is 11.4 Å². The SMILES string of the molecule is CC[C@H](C)n1c(SCC(=O)Nc2ccc(C(C)=O)cc2)nnc1-c1cccc(S(=O)(=O)N(CC)CC)c1. The zero-order valence-electron chi connectivity index (χ0n) is 21.8. The highest BCUT2D eigenvalue weighted by molar-refractivity contribution is 7.99. The van der Waals surface area contributed by atoms with Crippen LogP contribution in [0.15, 0.2) is 58.6 Å². The van der Waals surface area contributed by atoms with Gasteiger partial charge >= 0.3 is 0 Å². The molecule has 0 bridgehead atoms.